The Labute approximate surface area is 199 Å². The molecule has 1 N–H and O–H groups in total. The Morgan fingerprint density at radius 2 is 1.65 bits per heavy atom. The van der Waals surface area contributed by atoms with Crippen molar-refractivity contribution in [1.82, 2.24) is 14.3 Å². The van der Waals surface area contributed by atoms with Gasteiger partial charge in [0.15, 0.2) is 5.82 Å². The number of rotatable bonds is 6. The molecule has 5 rings (SSSR count). The lowest BCUT2D eigenvalue weighted by Gasteiger charge is -2.15. The molecule has 1 aliphatic heterocycles. The number of benzene rings is 3. The molecule has 2 heterocycles. The average molecular weight is 471 g/mol. The van der Waals surface area contributed by atoms with Crippen molar-refractivity contribution in [3.63, 3.8) is 0 Å². The zero-order valence-electron chi connectivity index (χ0n) is 18.0. The van der Waals surface area contributed by atoms with Crippen LogP contribution in [0.15, 0.2) is 72.8 Å². The third-order valence-corrected chi connectivity index (χ3v) is 6.04. The van der Waals surface area contributed by atoms with Gasteiger partial charge in [-0.05, 0) is 29.8 Å². The van der Waals surface area contributed by atoms with Crippen LogP contribution in [0.3, 0.4) is 0 Å². The number of imide groups is 1. The van der Waals surface area contributed by atoms with Gasteiger partial charge in [0.25, 0.3) is 17.7 Å². The molecule has 1 aromatic heterocycles. The maximum atomic E-state index is 13.0. The fraction of sp³-hybridized carbons (Fsp3) is 0.0800. The molecule has 1 aliphatic rings. The molecular weight excluding hydrogens is 452 g/mol. The van der Waals surface area contributed by atoms with E-state index in [0.717, 1.165) is 17.1 Å². The highest BCUT2D eigenvalue weighted by atomic mass is 32.1. The van der Waals surface area contributed by atoms with Crippen LogP contribution in [0, 0.1) is 0 Å². The van der Waals surface area contributed by atoms with Crippen molar-refractivity contribution in [3.05, 3.63) is 95.1 Å². The number of anilines is 1. The van der Waals surface area contributed by atoms with Crippen LogP contribution < -0.4 is 10.1 Å². The van der Waals surface area contributed by atoms with E-state index in [4.69, 9.17) is 4.74 Å². The van der Waals surface area contributed by atoms with Gasteiger partial charge in [0, 0.05) is 17.1 Å². The molecule has 0 aliphatic carbocycles. The van der Waals surface area contributed by atoms with Crippen LogP contribution in [-0.2, 0) is 6.54 Å². The third kappa shape index (κ3) is 3.93. The summed E-state index contributed by atoms with van der Waals surface area (Å²) in [5, 5.41) is 3.10. The summed E-state index contributed by atoms with van der Waals surface area (Å²) in [7, 11) is 1.47. The van der Waals surface area contributed by atoms with Gasteiger partial charge >= 0.3 is 0 Å². The molecule has 3 amide bonds. The van der Waals surface area contributed by atoms with Crippen LogP contribution in [0.5, 0.6) is 5.75 Å². The van der Waals surface area contributed by atoms with Crippen molar-refractivity contribution in [1.29, 1.82) is 0 Å². The van der Waals surface area contributed by atoms with Gasteiger partial charge in [-0.1, -0.05) is 48.5 Å². The van der Waals surface area contributed by atoms with Crippen LogP contribution in [0.1, 0.15) is 36.6 Å². The summed E-state index contributed by atoms with van der Waals surface area (Å²) < 4.78 is 9.66. The van der Waals surface area contributed by atoms with Gasteiger partial charge in [0.2, 0.25) is 5.13 Å². The van der Waals surface area contributed by atoms with Gasteiger partial charge in [0.1, 0.15) is 5.75 Å². The molecule has 168 valence electrons. The zero-order chi connectivity index (χ0) is 23.7. The lowest BCUT2D eigenvalue weighted by atomic mass is 10.1. The highest BCUT2D eigenvalue weighted by Gasteiger charge is 2.35. The maximum Gasteiger partial charge on any atom is 0.261 e. The molecule has 0 spiro atoms. The Bertz CT molecular complexity index is 1380. The highest BCUT2D eigenvalue weighted by molar-refractivity contribution is 7.10. The molecule has 0 radical (unpaired) electrons. The Morgan fingerprint density at radius 3 is 2.32 bits per heavy atom. The van der Waals surface area contributed by atoms with Crippen molar-refractivity contribution >= 4 is 34.4 Å². The first kappa shape index (κ1) is 21.5. The largest absolute Gasteiger partial charge is 0.496 e. The minimum absolute atomic E-state index is 0.0353. The Kier molecular flexibility index (Phi) is 5.60. The molecule has 3 aromatic carbocycles. The summed E-state index contributed by atoms with van der Waals surface area (Å²) in [6.45, 7) is 0.0353. The van der Waals surface area contributed by atoms with Crippen LogP contribution in [-0.4, -0.2) is 39.1 Å². The van der Waals surface area contributed by atoms with Crippen molar-refractivity contribution < 1.29 is 19.1 Å². The van der Waals surface area contributed by atoms with E-state index < -0.39 is 5.91 Å². The molecule has 0 atom stereocenters. The van der Waals surface area contributed by atoms with E-state index in [0.29, 0.717) is 33.4 Å². The van der Waals surface area contributed by atoms with Gasteiger partial charge in [-0.25, -0.2) is 0 Å². The predicted molar refractivity (Wildman–Crippen MR) is 127 cm³/mol. The van der Waals surface area contributed by atoms with Gasteiger partial charge in [-0.3, -0.25) is 24.6 Å². The number of carbonyl (C=O) groups is 3. The van der Waals surface area contributed by atoms with Crippen molar-refractivity contribution in [2.24, 2.45) is 0 Å². The van der Waals surface area contributed by atoms with E-state index in [1.54, 1.807) is 42.5 Å². The normalized spacial score (nSPS) is 12.6. The molecule has 8 nitrogen and oxygen atoms in total. The fourth-order valence-electron chi connectivity index (χ4n) is 3.74. The lowest BCUT2D eigenvalue weighted by molar-refractivity contribution is 0.0642. The Balaban J connectivity index is 1.37. The summed E-state index contributed by atoms with van der Waals surface area (Å²) in [5.41, 5.74) is 2.48. The number of aromatic nitrogens is 2. The lowest BCUT2D eigenvalue weighted by Crippen LogP contribution is -2.29. The fourth-order valence-corrected chi connectivity index (χ4v) is 4.32. The molecular formula is C25H18N4O4S. The zero-order valence-corrected chi connectivity index (χ0v) is 18.8. The number of carbonyl (C=O) groups excluding carboxylic acids is 3. The Hall–Kier alpha value is -4.37. The molecule has 34 heavy (non-hydrogen) atoms. The van der Waals surface area contributed by atoms with E-state index in [1.165, 1.54) is 12.0 Å². The van der Waals surface area contributed by atoms with Crippen LogP contribution in [0.25, 0.3) is 11.4 Å². The Morgan fingerprint density at radius 1 is 0.971 bits per heavy atom. The van der Waals surface area contributed by atoms with Gasteiger partial charge in [-0.2, -0.15) is 9.36 Å². The monoisotopic (exact) mass is 470 g/mol. The minimum Gasteiger partial charge on any atom is -0.496 e. The number of hydrogen-bond donors (Lipinski definition) is 1. The summed E-state index contributed by atoms with van der Waals surface area (Å²) in [6.07, 6.45) is 0. The molecule has 0 fully saturated rings. The van der Waals surface area contributed by atoms with E-state index in [9.17, 15) is 14.4 Å². The van der Waals surface area contributed by atoms with E-state index >= 15 is 0 Å². The van der Waals surface area contributed by atoms with Gasteiger partial charge < -0.3 is 4.74 Å². The third-order valence-electron chi connectivity index (χ3n) is 5.41. The molecule has 0 unspecified atom stereocenters. The maximum absolute atomic E-state index is 13.0. The molecule has 9 heteroatoms. The number of hydrogen-bond acceptors (Lipinski definition) is 7. The van der Waals surface area contributed by atoms with Crippen molar-refractivity contribution in [3.8, 4) is 17.1 Å². The average Bonchev–Trinajstić information content (AvgIpc) is 3.43. The second kappa shape index (κ2) is 8.87. The number of nitrogens with zero attached hydrogens (tertiary/aromatic N) is 3. The van der Waals surface area contributed by atoms with Crippen molar-refractivity contribution in [2.45, 2.75) is 6.54 Å². The molecule has 4 aromatic rings. The summed E-state index contributed by atoms with van der Waals surface area (Å²) in [6, 6.07) is 21.1. The number of ether oxygens (including phenoxy) is 1. The highest BCUT2D eigenvalue weighted by Crippen LogP contribution is 2.27. The number of amides is 3. The van der Waals surface area contributed by atoms with E-state index in [-0.39, 0.29) is 23.9 Å². The first-order valence-corrected chi connectivity index (χ1v) is 11.1. The van der Waals surface area contributed by atoms with Crippen LogP contribution in [0.4, 0.5) is 5.13 Å². The van der Waals surface area contributed by atoms with Crippen molar-refractivity contribution in [2.75, 3.05) is 12.4 Å². The van der Waals surface area contributed by atoms with E-state index in [2.05, 4.69) is 14.7 Å². The first-order valence-electron chi connectivity index (χ1n) is 10.4. The number of methoxy groups -OCH3 is 1. The van der Waals surface area contributed by atoms with E-state index in [1.807, 2.05) is 30.3 Å². The number of nitrogens with one attached hydrogen (secondary N) is 1. The second-order valence-corrected chi connectivity index (χ2v) is 8.27. The van der Waals surface area contributed by atoms with Crippen LogP contribution >= 0.6 is 11.5 Å². The molecule has 0 bridgehead atoms. The molecule has 0 saturated carbocycles. The van der Waals surface area contributed by atoms with Gasteiger partial charge in [0.05, 0.1) is 30.3 Å². The quantitative estimate of drug-likeness (QED) is 0.423. The first-order chi connectivity index (χ1) is 16.5. The second-order valence-electron chi connectivity index (χ2n) is 7.52. The van der Waals surface area contributed by atoms with Gasteiger partial charge in [-0.15, -0.1) is 0 Å². The SMILES string of the molecule is COc1ccc(CN2C(=O)c3ccccc3C2=O)cc1C(=O)Nc1nc(-c2ccccc2)ns1. The standard InChI is InChI=1S/C25H18N4O4S/c1-33-20-12-11-15(14-29-23(31)17-9-5-6-10-18(17)24(29)32)13-19(20)22(30)27-25-26-21(28-34-25)16-7-3-2-4-8-16/h2-13H,14H2,1H3,(H,26,27,28,30). The summed E-state index contributed by atoms with van der Waals surface area (Å²) in [5.74, 6) is -0.269. The summed E-state index contributed by atoms with van der Waals surface area (Å²) in [4.78, 5) is 44.0. The molecule has 0 saturated heterocycles. The topological polar surface area (TPSA) is 101 Å². The minimum atomic E-state index is -0.433. The predicted octanol–water partition coefficient (Wildman–Crippen LogP) is 4.26. The smallest absolute Gasteiger partial charge is 0.261 e. The number of fused-ring (bicyclic) bond motifs is 1. The van der Waals surface area contributed by atoms with Crippen LogP contribution in [0.2, 0.25) is 0 Å². The summed E-state index contributed by atoms with van der Waals surface area (Å²) >= 11 is 1.07.